The lowest BCUT2D eigenvalue weighted by Crippen LogP contribution is -2.14. The van der Waals surface area contributed by atoms with Crippen LogP contribution in [0.25, 0.3) is 0 Å². The molecule has 4 aromatic carbocycles. The maximum absolute atomic E-state index is 13.5. The van der Waals surface area contributed by atoms with Crippen LogP contribution >= 0.6 is 0 Å². The Kier molecular flexibility index (Phi) is 6.66. The summed E-state index contributed by atoms with van der Waals surface area (Å²) in [5.74, 6) is -6.24. The van der Waals surface area contributed by atoms with Gasteiger partial charge in [-0.2, -0.15) is 0 Å². The molecule has 0 fully saturated rings. The number of phenols is 2. The van der Waals surface area contributed by atoms with Gasteiger partial charge in [-0.05, 0) is 72.8 Å². The number of hydrogen-bond donors (Lipinski definition) is 4. The molecular weight excluding hydrogens is 612 g/mol. The number of benzene rings is 4. The van der Waals surface area contributed by atoms with Gasteiger partial charge in [0.1, 0.15) is 11.5 Å². The van der Waals surface area contributed by atoms with Crippen LogP contribution in [0.2, 0.25) is 0 Å². The summed E-state index contributed by atoms with van der Waals surface area (Å²) in [4.78, 5) is 72.0. The number of amides is 2. The summed E-state index contributed by atoms with van der Waals surface area (Å²) in [5.41, 5.74) is -1.08. The number of sulfone groups is 1. The summed E-state index contributed by atoms with van der Waals surface area (Å²) < 4.78 is 36.0. The Morgan fingerprint density at radius 2 is 0.911 bits per heavy atom. The molecule has 2 heterocycles. The Morgan fingerprint density at radius 1 is 0.533 bits per heavy atom. The summed E-state index contributed by atoms with van der Waals surface area (Å²) in [7, 11) is -4.38. The van der Waals surface area contributed by atoms with E-state index in [-0.39, 0.29) is 54.5 Å². The molecule has 45 heavy (non-hydrogen) atoms. The lowest BCUT2D eigenvalue weighted by molar-refractivity contribution is 0.0425. The van der Waals surface area contributed by atoms with Crippen LogP contribution in [-0.2, 0) is 19.3 Å². The third-order valence-corrected chi connectivity index (χ3v) is 8.62. The minimum Gasteiger partial charge on any atom is -0.506 e. The first-order valence-corrected chi connectivity index (χ1v) is 14.2. The molecule has 4 aromatic rings. The van der Waals surface area contributed by atoms with Crippen LogP contribution in [0.5, 0.6) is 11.5 Å². The Bertz CT molecular complexity index is 2020. The zero-order valence-corrected chi connectivity index (χ0v) is 23.1. The number of phenolic OH excluding ortho intramolecular Hbond substituents is 2. The zero-order chi connectivity index (χ0) is 32.2. The summed E-state index contributed by atoms with van der Waals surface area (Å²) in [6.07, 6.45) is 0. The van der Waals surface area contributed by atoms with Crippen molar-refractivity contribution in [1.29, 1.82) is 0 Å². The van der Waals surface area contributed by atoms with E-state index in [1.165, 1.54) is 24.3 Å². The van der Waals surface area contributed by atoms with Gasteiger partial charge < -0.3 is 30.3 Å². The number of nitrogens with one attached hydrogen (secondary N) is 2. The molecule has 0 spiro atoms. The average molecular weight is 629 g/mol. The number of carbonyl (C=O) groups is 6. The Labute approximate surface area is 251 Å². The van der Waals surface area contributed by atoms with Crippen LogP contribution in [0, 0.1) is 0 Å². The van der Waals surface area contributed by atoms with Crippen molar-refractivity contribution in [3.63, 3.8) is 0 Å². The molecule has 14 nitrogen and oxygen atoms in total. The van der Waals surface area contributed by atoms with Crippen molar-refractivity contribution >= 4 is 56.9 Å². The van der Waals surface area contributed by atoms with Crippen molar-refractivity contribution < 1.29 is 56.9 Å². The van der Waals surface area contributed by atoms with E-state index in [9.17, 15) is 47.4 Å². The number of carbonyl (C=O) groups excluding carboxylic acids is 6. The third kappa shape index (κ3) is 5.02. The maximum Gasteiger partial charge on any atom is 0.346 e. The second kappa shape index (κ2) is 10.4. The zero-order valence-electron chi connectivity index (χ0n) is 22.3. The van der Waals surface area contributed by atoms with Crippen LogP contribution in [0.15, 0.2) is 82.6 Å². The second-order valence-corrected chi connectivity index (χ2v) is 11.6. The van der Waals surface area contributed by atoms with E-state index in [2.05, 4.69) is 20.1 Å². The van der Waals surface area contributed by atoms with Crippen molar-refractivity contribution in [2.45, 2.75) is 9.79 Å². The molecule has 0 bridgehead atoms. The van der Waals surface area contributed by atoms with E-state index in [0.717, 1.165) is 48.5 Å². The number of cyclic esters (lactones) is 4. The fourth-order valence-corrected chi connectivity index (χ4v) is 5.86. The Morgan fingerprint density at radius 3 is 1.31 bits per heavy atom. The Hall–Kier alpha value is -6.35. The minimum atomic E-state index is -4.38. The van der Waals surface area contributed by atoms with Gasteiger partial charge in [-0.3, -0.25) is 9.59 Å². The molecule has 0 atom stereocenters. The summed E-state index contributed by atoms with van der Waals surface area (Å²) in [5, 5.41) is 25.3. The summed E-state index contributed by atoms with van der Waals surface area (Å²) >= 11 is 0. The molecule has 0 aromatic heterocycles. The van der Waals surface area contributed by atoms with Gasteiger partial charge in [0, 0.05) is 11.1 Å². The molecule has 0 unspecified atom stereocenters. The lowest BCUT2D eigenvalue weighted by Gasteiger charge is -2.13. The van der Waals surface area contributed by atoms with E-state index < -0.39 is 57.0 Å². The van der Waals surface area contributed by atoms with Crippen molar-refractivity contribution in [3.05, 3.63) is 106 Å². The Balaban J connectivity index is 1.25. The molecule has 0 radical (unpaired) electrons. The number of esters is 4. The SMILES string of the molecule is O=C(Nc1cc(S(=O)(=O)c2ccc(O)c(NC(=O)c3ccc4c(c3)C(=O)OC4=O)c2)ccc1O)c1ccc2c(c1)C(=O)OC2=O. The van der Waals surface area contributed by atoms with Crippen LogP contribution in [0.1, 0.15) is 62.1 Å². The molecule has 224 valence electrons. The molecule has 0 aliphatic carbocycles. The van der Waals surface area contributed by atoms with E-state index in [0.29, 0.717) is 0 Å². The highest BCUT2D eigenvalue weighted by Gasteiger charge is 2.32. The molecular formula is C30H16N2O12S. The van der Waals surface area contributed by atoms with Crippen molar-refractivity contribution in [1.82, 2.24) is 0 Å². The predicted molar refractivity (Wildman–Crippen MR) is 150 cm³/mol. The van der Waals surface area contributed by atoms with E-state index in [1.54, 1.807) is 0 Å². The maximum atomic E-state index is 13.5. The van der Waals surface area contributed by atoms with Gasteiger partial charge >= 0.3 is 23.9 Å². The molecule has 4 N–H and O–H groups in total. The molecule has 6 rings (SSSR count). The van der Waals surface area contributed by atoms with Crippen LogP contribution in [0.4, 0.5) is 11.4 Å². The monoisotopic (exact) mass is 628 g/mol. The van der Waals surface area contributed by atoms with Crippen LogP contribution in [0.3, 0.4) is 0 Å². The average Bonchev–Trinajstić information content (AvgIpc) is 3.46. The number of aromatic hydroxyl groups is 2. The fourth-order valence-electron chi connectivity index (χ4n) is 4.54. The predicted octanol–water partition coefficient (Wildman–Crippen LogP) is 3.06. The largest absolute Gasteiger partial charge is 0.506 e. The number of anilines is 2. The molecule has 2 aliphatic rings. The van der Waals surface area contributed by atoms with Crippen LogP contribution in [-0.4, -0.2) is 54.3 Å². The van der Waals surface area contributed by atoms with Crippen molar-refractivity contribution in [2.24, 2.45) is 0 Å². The van der Waals surface area contributed by atoms with Crippen LogP contribution < -0.4 is 10.6 Å². The second-order valence-electron chi connectivity index (χ2n) is 9.64. The normalized spacial score (nSPS) is 13.5. The van der Waals surface area contributed by atoms with Gasteiger partial charge in [-0.1, -0.05) is 0 Å². The first kappa shape index (κ1) is 28.8. The lowest BCUT2D eigenvalue weighted by atomic mass is 10.1. The summed E-state index contributed by atoms with van der Waals surface area (Å²) in [6.45, 7) is 0. The highest BCUT2D eigenvalue weighted by molar-refractivity contribution is 7.91. The molecule has 2 aliphatic heterocycles. The minimum absolute atomic E-state index is 0.0228. The standard InChI is InChI=1S/C30H16N2O12S/c33-23-7-3-15(11-21(23)31-25(35)13-1-5-17-19(9-13)29(39)43-27(17)37)45(41,42)16-4-8-24(34)22(12-16)32-26(36)14-2-6-18-20(10-14)30(40)44-28(18)38/h1-12,33-34H,(H,31,35)(H,32,36). The van der Waals surface area contributed by atoms with Gasteiger partial charge in [0.05, 0.1) is 43.4 Å². The number of fused-ring (bicyclic) bond motifs is 2. The first-order chi connectivity index (χ1) is 21.3. The number of rotatable bonds is 6. The highest BCUT2D eigenvalue weighted by Crippen LogP contribution is 2.34. The topological polar surface area (TPSA) is 220 Å². The third-order valence-electron chi connectivity index (χ3n) is 6.87. The fraction of sp³-hybridized carbons (Fsp3) is 0. The van der Waals surface area contributed by atoms with Crippen molar-refractivity contribution in [3.8, 4) is 11.5 Å². The first-order valence-electron chi connectivity index (χ1n) is 12.7. The number of hydrogen-bond acceptors (Lipinski definition) is 12. The van der Waals surface area contributed by atoms with Gasteiger partial charge in [0.25, 0.3) is 11.8 Å². The van der Waals surface area contributed by atoms with E-state index in [4.69, 9.17) is 0 Å². The molecule has 2 amide bonds. The van der Waals surface area contributed by atoms with Gasteiger partial charge in [-0.25, -0.2) is 27.6 Å². The van der Waals surface area contributed by atoms with Gasteiger partial charge in [0.2, 0.25) is 9.84 Å². The van der Waals surface area contributed by atoms with Crippen molar-refractivity contribution in [2.75, 3.05) is 10.6 Å². The van der Waals surface area contributed by atoms with E-state index in [1.807, 2.05) is 0 Å². The molecule has 15 heteroatoms. The van der Waals surface area contributed by atoms with Gasteiger partial charge in [0.15, 0.2) is 0 Å². The molecule has 0 saturated carbocycles. The molecule has 0 saturated heterocycles. The van der Waals surface area contributed by atoms with Gasteiger partial charge in [-0.15, -0.1) is 0 Å². The quantitative estimate of drug-likeness (QED) is 0.138. The highest BCUT2D eigenvalue weighted by atomic mass is 32.2. The number of ether oxygens (including phenoxy) is 2. The summed E-state index contributed by atoms with van der Waals surface area (Å²) in [6, 6.07) is 13.3. The smallest absolute Gasteiger partial charge is 0.346 e. The van der Waals surface area contributed by atoms with E-state index >= 15 is 0 Å².